The van der Waals surface area contributed by atoms with Gasteiger partial charge in [0, 0.05) is 13.1 Å². The number of ether oxygens (including phenoxy) is 3. The number of amides is 1. The molecule has 0 radical (unpaired) electrons. The van der Waals surface area contributed by atoms with Gasteiger partial charge in [-0.1, -0.05) is 42.5 Å². The molecule has 6 nitrogen and oxygen atoms in total. The van der Waals surface area contributed by atoms with Crippen molar-refractivity contribution in [1.29, 1.82) is 0 Å². The quantitative estimate of drug-likeness (QED) is 0.719. The van der Waals surface area contributed by atoms with Crippen molar-refractivity contribution in [3.05, 3.63) is 65.7 Å². The number of carbonyl (C=O) groups is 2. The summed E-state index contributed by atoms with van der Waals surface area (Å²) in [5, 5.41) is 0. The third-order valence-electron chi connectivity index (χ3n) is 4.67. The van der Waals surface area contributed by atoms with Gasteiger partial charge in [0.2, 0.25) is 0 Å². The number of hydrogen-bond acceptors (Lipinski definition) is 5. The summed E-state index contributed by atoms with van der Waals surface area (Å²) in [6, 6.07) is 15.1. The maximum Gasteiger partial charge on any atom is 0.346 e. The van der Waals surface area contributed by atoms with Crippen LogP contribution in [0.4, 0.5) is 0 Å². The molecule has 0 aromatic heterocycles. The molecule has 0 bridgehead atoms. The standard InChI is InChI=1S/C22H23NO5/c1-26-18-9-6-10-19(27-2)21(18)22(25)28-15-20(24)23-13-11-17(12-14-23)16-7-4-3-5-8-16/h3-11H,12-15H2,1-2H3. The van der Waals surface area contributed by atoms with Crippen LogP contribution in [0.2, 0.25) is 0 Å². The first-order valence-electron chi connectivity index (χ1n) is 9.04. The van der Waals surface area contributed by atoms with Crippen molar-refractivity contribution in [2.75, 3.05) is 33.9 Å². The summed E-state index contributed by atoms with van der Waals surface area (Å²) in [7, 11) is 2.92. The highest BCUT2D eigenvalue weighted by molar-refractivity contribution is 5.96. The number of benzene rings is 2. The number of esters is 1. The maximum atomic E-state index is 12.5. The molecule has 0 unspecified atom stereocenters. The first kappa shape index (κ1) is 19.5. The van der Waals surface area contributed by atoms with Crippen molar-refractivity contribution in [2.45, 2.75) is 6.42 Å². The van der Waals surface area contributed by atoms with Crippen LogP contribution < -0.4 is 9.47 Å². The van der Waals surface area contributed by atoms with E-state index < -0.39 is 5.97 Å². The number of methoxy groups -OCH3 is 2. The smallest absolute Gasteiger partial charge is 0.346 e. The van der Waals surface area contributed by atoms with Crippen molar-refractivity contribution in [3.63, 3.8) is 0 Å². The number of rotatable bonds is 6. The SMILES string of the molecule is COc1cccc(OC)c1C(=O)OCC(=O)N1CC=C(c2ccccc2)CC1. The van der Waals surface area contributed by atoms with Crippen molar-refractivity contribution in [1.82, 2.24) is 4.90 Å². The van der Waals surface area contributed by atoms with E-state index in [0.717, 1.165) is 6.42 Å². The van der Waals surface area contributed by atoms with Crippen LogP contribution in [0, 0.1) is 0 Å². The van der Waals surface area contributed by atoms with Gasteiger partial charge in [-0.15, -0.1) is 0 Å². The first-order chi connectivity index (χ1) is 13.6. The molecule has 1 heterocycles. The van der Waals surface area contributed by atoms with Gasteiger partial charge in [0.05, 0.1) is 14.2 Å². The second-order valence-electron chi connectivity index (χ2n) is 6.30. The lowest BCUT2D eigenvalue weighted by Gasteiger charge is -2.26. The van der Waals surface area contributed by atoms with Crippen molar-refractivity contribution >= 4 is 17.4 Å². The second-order valence-corrected chi connectivity index (χ2v) is 6.30. The third-order valence-corrected chi connectivity index (χ3v) is 4.67. The highest BCUT2D eigenvalue weighted by Gasteiger charge is 2.23. The molecule has 0 atom stereocenters. The molecule has 0 fully saturated rings. The van der Waals surface area contributed by atoms with E-state index in [-0.39, 0.29) is 18.1 Å². The largest absolute Gasteiger partial charge is 0.496 e. The Hall–Kier alpha value is -3.28. The van der Waals surface area contributed by atoms with Crippen LogP contribution >= 0.6 is 0 Å². The molecule has 1 amide bonds. The average molecular weight is 381 g/mol. The second kappa shape index (κ2) is 9.08. The summed E-state index contributed by atoms with van der Waals surface area (Å²) in [4.78, 5) is 26.6. The van der Waals surface area contributed by atoms with Gasteiger partial charge in [0.1, 0.15) is 17.1 Å². The lowest BCUT2D eigenvalue weighted by Crippen LogP contribution is -2.37. The Balaban J connectivity index is 1.60. The summed E-state index contributed by atoms with van der Waals surface area (Å²) < 4.78 is 15.6. The Bertz CT molecular complexity index is 854. The minimum absolute atomic E-state index is 0.171. The first-order valence-corrected chi connectivity index (χ1v) is 9.04. The summed E-state index contributed by atoms with van der Waals surface area (Å²) in [5.41, 5.74) is 2.56. The highest BCUT2D eigenvalue weighted by atomic mass is 16.5. The molecule has 0 saturated heterocycles. The Morgan fingerprint density at radius 2 is 1.64 bits per heavy atom. The van der Waals surface area contributed by atoms with Gasteiger partial charge in [-0.25, -0.2) is 4.79 Å². The molecule has 3 rings (SSSR count). The Labute approximate surface area is 164 Å². The minimum atomic E-state index is -0.653. The fourth-order valence-corrected chi connectivity index (χ4v) is 3.15. The number of hydrogen-bond donors (Lipinski definition) is 0. The summed E-state index contributed by atoms with van der Waals surface area (Å²) >= 11 is 0. The average Bonchev–Trinajstić information content (AvgIpc) is 2.77. The van der Waals surface area contributed by atoms with E-state index in [2.05, 4.69) is 12.1 Å². The zero-order valence-electron chi connectivity index (χ0n) is 16.0. The Morgan fingerprint density at radius 3 is 2.21 bits per heavy atom. The summed E-state index contributed by atoms with van der Waals surface area (Å²) in [5.74, 6) is -0.207. The Morgan fingerprint density at radius 1 is 0.964 bits per heavy atom. The van der Waals surface area contributed by atoms with Crippen LogP contribution in [0.15, 0.2) is 54.6 Å². The van der Waals surface area contributed by atoms with Gasteiger partial charge in [0.15, 0.2) is 6.61 Å². The third kappa shape index (κ3) is 4.34. The lowest BCUT2D eigenvalue weighted by molar-refractivity contribution is -0.134. The molecule has 1 aliphatic rings. The van der Waals surface area contributed by atoms with Crippen molar-refractivity contribution in [3.8, 4) is 11.5 Å². The van der Waals surface area contributed by atoms with Gasteiger partial charge < -0.3 is 19.1 Å². The molecule has 2 aromatic rings. The minimum Gasteiger partial charge on any atom is -0.496 e. The zero-order valence-corrected chi connectivity index (χ0v) is 16.0. The van der Waals surface area contributed by atoms with Crippen LogP contribution in [0.3, 0.4) is 0 Å². The molecule has 1 aliphatic heterocycles. The van der Waals surface area contributed by atoms with Gasteiger partial charge in [-0.05, 0) is 29.7 Å². The molecule has 28 heavy (non-hydrogen) atoms. The van der Waals surface area contributed by atoms with Gasteiger partial charge >= 0.3 is 5.97 Å². The van der Waals surface area contributed by atoms with Crippen molar-refractivity contribution in [2.24, 2.45) is 0 Å². The fraction of sp³-hybridized carbons (Fsp3) is 0.273. The fourth-order valence-electron chi connectivity index (χ4n) is 3.15. The topological polar surface area (TPSA) is 65.1 Å². The molecule has 0 spiro atoms. The van der Waals surface area contributed by atoms with Gasteiger partial charge in [-0.3, -0.25) is 4.79 Å². The van der Waals surface area contributed by atoms with E-state index in [4.69, 9.17) is 14.2 Å². The van der Waals surface area contributed by atoms with E-state index in [0.29, 0.717) is 24.6 Å². The van der Waals surface area contributed by atoms with Gasteiger partial charge in [0.25, 0.3) is 5.91 Å². The highest BCUT2D eigenvalue weighted by Crippen LogP contribution is 2.29. The molecule has 146 valence electrons. The van der Waals surface area contributed by atoms with Crippen LogP contribution in [0.1, 0.15) is 22.3 Å². The van der Waals surface area contributed by atoms with Crippen molar-refractivity contribution < 1.29 is 23.8 Å². The summed E-state index contributed by atoms with van der Waals surface area (Å²) in [6.07, 6.45) is 2.81. The van der Waals surface area contributed by atoms with E-state index in [1.807, 2.05) is 24.3 Å². The predicted molar refractivity (Wildman–Crippen MR) is 105 cm³/mol. The molecule has 0 aliphatic carbocycles. The number of carbonyl (C=O) groups excluding carboxylic acids is 2. The molecule has 6 heteroatoms. The van der Waals surface area contributed by atoms with Crippen LogP contribution in [-0.4, -0.2) is 50.7 Å². The van der Waals surface area contributed by atoms with E-state index in [1.54, 1.807) is 23.1 Å². The molecular weight excluding hydrogens is 358 g/mol. The predicted octanol–water partition coefficient (Wildman–Crippen LogP) is 3.18. The molecule has 0 saturated carbocycles. The van der Waals surface area contributed by atoms with Crippen LogP contribution in [-0.2, 0) is 9.53 Å². The van der Waals surface area contributed by atoms with Crippen LogP contribution in [0.5, 0.6) is 11.5 Å². The maximum absolute atomic E-state index is 12.5. The molecular formula is C22H23NO5. The van der Waals surface area contributed by atoms with E-state index in [1.165, 1.54) is 25.4 Å². The zero-order chi connectivity index (χ0) is 19.9. The monoisotopic (exact) mass is 381 g/mol. The molecule has 2 aromatic carbocycles. The van der Waals surface area contributed by atoms with Gasteiger partial charge in [-0.2, -0.15) is 0 Å². The van der Waals surface area contributed by atoms with Crippen LogP contribution in [0.25, 0.3) is 5.57 Å². The normalized spacial score (nSPS) is 13.5. The number of nitrogens with zero attached hydrogens (tertiary/aromatic N) is 1. The van der Waals surface area contributed by atoms with E-state index in [9.17, 15) is 9.59 Å². The van der Waals surface area contributed by atoms with E-state index >= 15 is 0 Å². The molecule has 0 N–H and O–H groups in total. The Kier molecular flexibility index (Phi) is 6.32. The summed E-state index contributed by atoms with van der Waals surface area (Å²) in [6.45, 7) is 0.766. The lowest BCUT2D eigenvalue weighted by atomic mass is 10.00.